The van der Waals surface area contributed by atoms with Crippen molar-refractivity contribution in [3.8, 4) is 5.75 Å². The lowest BCUT2D eigenvalue weighted by Crippen LogP contribution is -2.32. The van der Waals surface area contributed by atoms with Gasteiger partial charge in [-0.15, -0.1) is 4.68 Å². The molecule has 0 fully saturated rings. The number of carbonyl (C=O) groups excluding carboxylic acids is 1. The maximum absolute atomic E-state index is 12.5. The molecular formula is C19H16IN3O5. The number of aromatic nitrogens is 2. The van der Waals surface area contributed by atoms with Gasteiger partial charge >= 0.3 is 11.7 Å². The number of rotatable bonds is 5. The third kappa shape index (κ3) is 4.14. The minimum absolute atomic E-state index is 0.370. The normalized spacial score (nSPS) is 12.2. The molecular weight excluding hydrogens is 477 g/mol. The number of hydrogen-bond acceptors (Lipinski definition) is 6. The molecule has 0 bridgehead atoms. The summed E-state index contributed by atoms with van der Waals surface area (Å²) in [5.74, 6) is 0.0349. The van der Waals surface area contributed by atoms with Gasteiger partial charge < -0.3 is 14.5 Å². The molecule has 9 heteroatoms. The van der Waals surface area contributed by atoms with Gasteiger partial charge in [-0.05, 0) is 65.4 Å². The number of H-pyrrole nitrogens is 1. The molecule has 2 aromatic carbocycles. The van der Waals surface area contributed by atoms with Crippen LogP contribution < -0.4 is 16.0 Å². The number of nitrogens with one attached hydrogen (secondary N) is 1. The highest BCUT2D eigenvalue weighted by molar-refractivity contribution is 14.1. The Morgan fingerprint density at radius 3 is 2.71 bits per heavy atom. The minimum atomic E-state index is -0.743. The summed E-state index contributed by atoms with van der Waals surface area (Å²) in [7, 11) is 1.29. The zero-order valence-corrected chi connectivity index (χ0v) is 17.2. The zero-order chi connectivity index (χ0) is 20.3. The first-order chi connectivity index (χ1) is 13.4. The monoisotopic (exact) mass is 493 g/mol. The summed E-state index contributed by atoms with van der Waals surface area (Å²) < 4.78 is 11.7. The van der Waals surface area contributed by atoms with Crippen LogP contribution in [0.5, 0.6) is 5.75 Å². The number of nitrogens with zero attached hydrogens (tertiary/aromatic N) is 2. The molecule has 3 aromatic rings. The Labute approximate surface area is 172 Å². The maximum atomic E-state index is 12.5. The average Bonchev–Trinajstić information content (AvgIpc) is 2.69. The van der Waals surface area contributed by atoms with Gasteiger partial charge in [0.05, 0.1) is 27.8 Å². The van der Waals surface area contributed by atoms with Gasteiger partial charge in [-0.1, -0.05) is 12.1 Å². The van der Waals surface area contributed by atoms with Crippen LogP contribution in [0, 0.1) is 3.57 Å². The quantitative estimate of drug-likeness (QED) is 0.333. The van der Waals surface area contributed by atoms with E-state index < -0.39 is 23.3 Å². The van der Waals surface area contributed by atoms with E-state index in [0.717, 1.165) is 8.25 Å². The Hall–Kier alpha value is -2.95. The fourth-order valence-corrected chi connectivity index (χ4v) is 3.15. The van der Waals surface area contributed by atoms with E-state index in [0.29, 0.717) is 22.2 Å². The van der Waals surface area contributed by atoms with Crippen LogP contribution in [0.1, 0.15) is 12.5 Å². The molecule has 8 nitrogen and oxygen atoms in total. The van der Waals surface area contributed by atoms with Crippen molar-refractivity contribution in [2.75, 3.05) is 7.11 Å². The first-order valence-corrected chi connectivity index (χ1v) is 9.31. The highest BCUT2D eigenvalue weighted by Crippen LogP contribution is 2.23. The van der Waals surface area contributed by atoms with E-state index in [1.54, 1.807) is 49.4 Å². The topological polar surface area (TPSA) is 103 Å². The number of ether oxygens (including phenoxy) is 2. The van der Waals surface area contributed by atoms with Gasteiger partial charge in [-0.2, -0.15) is 5.10 Å². The minimum Gasteiger partial charge on any atom is -0.478 e. The van der Waals surface area contributed by atoms with Gasteiger partial charge in [0, 0.05) is 0 Å². The van der Waals surface area contributed by atoms with Crippen LogP contribution in [-0.2, 0) is 9.53 Å². The summed E-state index contributed by atoms with van der Waals surface area (Å²) in [5, 5.41) is 4.39. The number of halogens is 1. The van der Waals surface area contributed by atoms with Crippen molar-refractivity contribution < 1.29 is 14.3 Å². The first-order valence-electron chi connectivity index (χ1n) is 8.23. The number of carbonyl (C=O) groups is 1. The summed E-state index contributed by atoms with van der Waals surface area (Å²) in [6.07, 6.45) is 0.661. The molecule has 1 heterocycles. The van der Waals surface area contributed by atoms with E-state index in [1.165, 1.54) is 13.3 Å². The number of aromatic amines is 1. The Balaban J connectivity index is 1.88. The second-order valence-corrected chi connectivity index (χ2v) is 6.97. The molecule has 1 aromatic heterocycles. The average molecular weight is 493 g/mol. The highest BCUT2D eigenvalue weighted by atomic mass is 127. The highest BCUT2D eigenvalue weighted by Gasteiger charge is 2.16. The van der Waals surface area contributed by atoms with Gasteiger partial charge in [0.1, 0.15) is 5.75 Å². The standard InChI is InChI=1S/C19H16IN3O5/c1-11(18(25)27-2)28-16-8-7-12(9-14(16)20)10-21-23-17(24)13-5-3-4-6-15(13)22-19(23)26/h3-11H,1-2H3,(H,22,26)/t11-/m1/s1. The van der Waals surface area contributed by atoms with Gasteiger partial charge in [-0.25, -0.2) is 9.59 Å². The molecule has 0 saturated heterocycles. The molecule has 0 unspecified atom stereocenters. The van der Waals surface area contributed by atoms with Crippen molar-refractivity contribution in [1.82, 2.24) is 9.66 Å². The number of methoxy groups -OCH3 is 1. The van der Waals surface area contributed by atoms with Gasteiger partial charge in [-0.3, -0.25) is 4.79 Å². The number of para-hydroxylation sites is 1. The second-order valence-electron chi connectivity index (χ2n) is 5.81. The first kappa shape index (κ1) is 19.8. The Bertz CT molecular complexity index is 1180. The number of esters is 1. The maximum Gasteiger partial charge on any atom is 0.349 e. The zero-order valence-electron chi connectivity index (χ0n) is 15.0. The number of fused-ring (bicyclic) bond motifs is 1. The van der Waals surface area contributed by atoms with E-state index in [4.69, 9.17) is 4.74 Å². The third-order valence-corrected chi connectivity index (χ3v) is 4.74. The largest absolute Gasteiger partial charge is 0.478 e. The van der Waals surface area contributed by atoms with Crippen LogP contribution in [0.4, 0.5) is 0 Å². The van der Waals surface area contributed by atoms with Gasteiger partial charge in [0.25, 0.3) is 5.56 Å². The van der Waals surface area contributed by atoms with Crippen molar-refractivity contribution in [1.29, 1.82) is 0 Å². The molecule has 1 N–H and O–H groups in total. The van der Waals surface area contributed by atoms with Crippen molar-refractivity contribution in [3.05, 3.63) is 72.4 Å². The Morgan fingerprint density at radius 2 is 2.00 bits per heavy atom. The van der Waals surface area contributed by atoms with Crippen molar-refractivity contribution in [2.24, 2.45) is 5.10 Å². The van der Waals surface area contributed by atoms with Gasteiger partial charge in [0.2, 0.25) is 0 Å². The van der Waals surface area contributed by atoms with E-state index in [-0.39, 0.29) is 0 Å². The summed E-state index contributed by atoms with van der Waals surface area (Å²) in [6, 6.07) is 11.9. The van der Waals surface area contributed by atoms with E-state index in [9.17, 15) is 14.4 Å². The molecule has 0 spiro atoms. The van der Waals surface area contributed by atoms with Crippen LogP contribution in [-0.4, -0.2) is 35.1 Å². The summed E-state index contributed by atoms with van der Waals surface area (Å²) in [6.45, 7) is 1.59. The van der Waals surface area contributed by atoms with Gasteiger partial charge in [0.15, 0.2) is 6.10 Å². The lowest BCUT2D eigenvalue weighted by Gasteiger charge is -2.13. The van der Waals surface area contributed by atoms with Crippen LogP contribution in [0.25, 0.3) is 10.9 Å². The van der Waals surface area contributed by atoms with Crippen LogP contribution in [0.3, 0.4) is 0 Å². The molecule has 144 valence electrons. The van der Waals surface area contributed by atoms with Crippen molar-refractivity contribution >= 4 is 45.7 Å². The van der Waals surface area contributed by atoms with E-state index in [1.807, 2.05) is 0 Å². The lowest BCUT2D eigenvalue weighted by molar-refractivity contribution is -0.147. The smallest absolute Gasteiger partial charge is 0.349 e. The molecule has 28 heavy (non-hydrogen) atoms. The lowest BCUT2D eigenvalue weighted by atomic mass is 10.2. The number of hydrogen-bond donors (Lipinski definition) is 1. The predicted molar refractivity (Wildman–Crippen MR) is 113 cm³/mol. The summed E-state index contributed by atoms with van der Waals surface area (Å²) in [5.41, 5.74) is -0.0136. The number of benzene rings is 2. The molecule has 1 atom stereocenters. The van der Waals surface area contributed by atoms with Crippen molar-refractivity contribution in [2.45, 2.75) is 13.0 Å². The van der Waals surface area contributed by atoms with Crippen LogP contribution >= 0.6 is 22.6 Å². The Morgan fingerprint density at radius 1 is 1.25 bits per heavy atom. The Kier molecular flexibility index (Phi) is 5.93. The SMILES string of the molecule is COC(=O)[C@@H](C)Oc1ccc(C=Nn2c(=O)[nH]c3ccccc3c2=O)cc1I. The van der Waals surface area contributed by atoms with Crippen LogP contribution in [0.15, 0.2) is 57.2 Å². The molecule has 0 aliphatic heterocycles. The summed E-state index contributed by atoms with van der Waals surface area (Å²) in [4.78, 5) is 38.7. The van der Waals surface area contributed by atoms with Crippen LogP contribution in [0.2, 0.25) is 0 Å². The fraction of sp³-hybridized carbons (Fsp3) is 0.158. The van der Waals surface area contributed by atoms with Crippen molar-refractivity contribution in [3.63, 3.8) is 0 Å². The fourth-order valence-electron chi connectivity index (χ4n) is 2.48. The third-order valence-electron chi connectivity index (χ3n) is 3.90. The summed E-state index contributed by atoms with van der Waals surface area (Å²) >= 11 is 2.06. The molecule has 0 saturated carbocycles. The van der Waals surface area contributed by atoms with E-state index >= 15 is 0 Å². The second kappa shape index (κ2) is 8.38. The molecule has 0 aliphatic carbocycles. The van der Waals surface area contributed by atoms with E-state index in [2.05, 4.69) is 37.4 Å². The molecule has 3 rings (SSSR count). The molecule has 0 aliphatic rings. The molecule has 0 radical (unpaired) electrons. The molecule has 0 amide bonds. The predicted octanol–water partition coefficient (Wildman–Crippen LogP) is 2.12.